The van der Waals surface area contributed by atoms with E-state index in [1.807, 2.05) is 31.2 Å². The van der Waals surface area contributed by atoms with Gasteiger partial charge in [0.25, 0.3) is 0 Å². The summed E-state index contributed by atoms with van der Waals surface area (Å²) in [4.78, 5) is -0.0177. The molecule has 0 amide bonds. The molecule has 2 rings (SSSR count). The SMILES string of the molecule is CCOc1ccc(CN(C)S(=O)(=O)c2cn[nH]c2N)cc1. The summed E-state index contributed by atoms with van der Waals surface area (Å²) in [7, 11) is -2.16. The Kier molecular flexibility index (Phi) is 4.49. The third-order valence-electron chi connectivity index (χ3n) is 2.96. The van der Waals surface area contributed by atoms with Crippen LogP contribution in [0.25, 0.3) is 0 Å². The number of nitrogens with one attached hydrogen (secondary N) is 1. The van der Waals surface area contributed by atoms with Crippen molar-refractivity contribution in [3.05, 3.63) is 36.0 Å². The van der Waals surface area contributed by atoms with Crippen molar-refractivity contribution in [2.75, 3.05) is 19.4 Å². The Hall–Kier alpha value is -2.06. The van der Waals surface area contributed by atoms with Gasteiger partial charge in [-0.25, -0.2) is 8.42 Å². The number of hydrogen-bond donors (Lipinski definition) is 2. The zero-order valence-corrected chi connectivity index (χ0v) is 12.7. The summed E-state index contributed by atoms with van der Waals surface area (Å²) in [5, 5.41) is 6.06. The molecule has 7 nitrogen and oxygen atoms in total. The molecule has 0 aliphatic heterocycles. The fraction of sp³-hybridized carbons (Fsp3) is 0.308. The summed E-state index contributed by atoms with van der Waals surface area (Å²) in [6.07, 6.45) is 1.21. The van der Waals surface area contributed by atoms with E-state index in [4.69, 9.17) is 10.5 Å². The van der Waals surface area contributed by atoms with E-state index in [2.05, 4.69) is 10.2 Å². The maximum Gasteiger partial charge on any atom is 0.248 e. The summed E-state index contributed by atoms with van der Waals surface area (Å²) in [5.74, 6) is 0.791. The molecule has 0 aliphatic carbocycles. The van der Waals surface area contributed by atoms with Crippen molar-refractivity contribution < 1.29 is 13.2 Å². The van der Waals surface area contributed by atoms with Crippen LogP contribution < -0.4 is 10.5 Å². The Balaban J connectivity index is 2.14. The van der Waals surface area contributed by atoms with Crippen LogP contribution in [0.1, 0.15) is 12.5 Å². The van der Waals surface area contributed by atoms with Gasteiger partial charge in [-0.05, 0) is 24.6 Å². The largest absolute Gasteiger partial charge is 0.494 e. The molecule has 3 N–H and O–H groups in total. The zero-order valence-electron chi connectivity index (χ0n) is 11.9. The molecule has 0 saturated heterocycles. The molecule has 0 atom stereocenters. The van der Waals surface area contributed by atoms with Crippen molar-refractivity contribution in [1.82, 2.24) is 14.5 Å². The average Bonchev–Trinajstić information content (AvgIpc) is 2.88. The lowest BCUT2D eigenvalue weighted by atomic mass is 10.2. The van der Waals surface area contributed by atoms with E-state index >= 15 is 0 Å². The van der Waals surface area contributed by atoms with Gasteiger partial charge in [0, 0.05) is 13.6 Å². The lowest BCUT2D eigenvalue weighted by molar-refractivity contribution is 0.340. The first-order chi connectivity index (χ1) is 9.95. The standard InChI is InChI=1S/C13H18N4O3S/c1-3-20-11-6-4-10(5-7-11)9-17(2)21(18,19)12-8-15-16-13(12)14/h4-8H,3,9H2,1-2H3,(H3,14,15,16). The molecule has 8 heteroatoms. The van der Waals surface area contributed by atoms with Crippen molar-refractivity contribution in [1.29, 1.82) is 0 Å². The smallest absolute Gasteiger partial charge is 0.248 e. The molecule has 0 fully saturated rings. The molecular weight excluding hydrogens is 292 g/mol. The van der Waals surface area contributed by atoms with E-state index in [0.717, 1.165) is 11.3 Å². The summed E-state index contributed by atoms with van der Waals surface area (Å²) < 4.78 is 31.3. The first-order valence-corrected chi connectivity index (χ1v) is 7.86. The van der Waals surface area contributed by atoms with Crippen LogP contribution in [-0.2, 0) is 16.6 Å². The summed E-state index contributed by atoms with van der Waals surface area (Å²) >= 11 is 0. The Bertz CT molecular complexity index is 694. The number of nitrogens with zero attached hydrogens (tertiary/aromatic N) is 2. The fourth-order valence-electron chi connectivity index (χ4n) is 1.86. The minimum absolute atomic E-state index is 0.0177. The number of aromatic amines is 1. The van der Waals surface area contributed by atoms with Crippen molar-refractivity contribution >= 4 is 15.8 Å². The van der Waals surface area contributed by atoms with Crippen molar-refractivity contribution in [3.63, 3.8) is 0 Å². The number of sulfonamides is 1. The van der Waals surface area contributed by atoms with Gasteiger partial charge in [-0.2, -0.15) is 9.40 Å². The molecule has 1 heterocycles. The highest BCUT2D eigenvalue weighted by atomic mass is 32.2. The lowest BCUT2D eigenvalue weighted by Crippen LogP contribution is -2.26. The lowest BCUT2D eigenvalue weighted by Gasteiger charge is -2.16. The summed E-state index contributed by atoms with van der Waals surface area (Å²) in [6, 6.07) is 7.28. The predicted molar refractivity (Wildman–Crippen MR) is 79.3 cm³/mol. The van der Waals surface area contributed by atoms with E-state index in [9.17, 15) is 8.42 Å². The third-order valence-corrected chi connectivity index (χ3v) is 4.79. The summed E-state index contributed by atoms with van der Waals surface area (Å²) in [6.45, 7) is 2.73. The number of nitrogens with two attached hydrogens (primary N) is 1. The second-order valence-corrected chi connectivity index (χ2v) is 6.50. The summed E-state index contributed by atoms with van der Waals surface area (Å²) in [5.41, 5.74) is 6.42. The molecule has 0 radical (unpaired) electrons. The van der Waals surface area contributed by atoms with Gasteiger partial charge in [0.05, 0.1) is 12.8 Å². The number of ether oxygens (including phenoxy) is 1. The highest BCUT2D eigenvalue weighted by molar-refractivity contribution is 7.89. The van der Waals surface area contributed by atoms with Gasteiger partial charge >= 0.3 is 0 Å². The first kappa shape index (κ1) is 15.3. The van der Waals surface area contributed by atoms with Gasteiger partial charge in [0.2, 0.25) is 10.0 Å². The molecule has 1 aromatic heterocycles. The minimum Gasteiger partial charge on any atom is -0.494 e. The van der Waals surface area contributed by atoms with Crippen LogP contribution in [0.4, 0.5) is 5.82 Å². The first-order valence-electron chi connectivity index (χ1n) is 6.42. The molecule has 0 saturated carbocycles. The van der Waals surface area contributed by atoms with Crippen LogP contribution in [0.2, 0.25) is 0 Å². The van der Waals surface area contributed by atoms with Crippen LogP contribution in [0.5, 0.6) is 5.75 Å². The molecule has 0 unspecified atom stereocenters. The number of nitrogen functional groups attached to an aromatic ring is 1. The number of hydrogen-bond acceptors (Lipinski definition) is 5. The molecule has 0 aliphatic rings. The van der Waals surface area contributed by atoms with E-state index in [0.29, 0.717) is 6.61 Å². The number of rotatable bonds is 6. The van der Waals surface area contributed by atoms with Crippen molar-refractivity contribution in [2.24, 2.45) is 0 Å². The van der Waals surface area contributed by atoms with E-state index < -0.39 is 10.0 Å². The van der Waals surface area contributed by atoms with Gasteiger partial charge in [-0.15, -0.1) is 0 Å². The van der Waals surface area contributed by atoms with Gasteiger partial charge in [0.15, 0.2) is 0 Å². The average molecular weight is 310 g/mol. The second-order valence-electron chi connectivity index (χ2n) is 4.49. The van der Waals surface area contributed by atoms with E-state index in [-0.39, 0.29) is 17.3 Å². The molecule has 2 aromatic rings. The zero-order chi connectivity index (χ0) is 15.5. The van der Waals surface area contributed by atoms with Crippen LogP contribution in [0, 0.1) is 0 Å². The molecule has 0 bridgehead atoms. The number of H-pyrrole nitrogens is 1. The number of aromatic nitrogens is 2. The predicted octanol–water partition coefficient (Wildman–Crippen LogP) is 1.21. The minimum atomic E-state index is -3.66. The van der Waals surface area contributed by atoms with Gasteiger partial charge in [-0.3, -0.25) is 5.10 Å². The van der Waals surface area contributed by atoms with Crippen LogP contribution in [0.3, 0.4) is 0 Å². The fourth-order valence-corrected chi connectivity index (χ4v) is 3.02. The Morgan fingerprint density at radius 2 is 2.00 bits per heavy atom. The molecule has 0 spiro atoms. The number of benzene rings is 1. The molecule has 21 heavy (non-hydrogen) atoms. The maximum atomic E-state index is 12.3. The topological polar surface area (TPSA) is 101 Å². The monoisotopic (exact) mass is 310 g/mol. The molecule has 114 valence electrons. The van der Waals surface area contributed by atoms with E-state index in [1.54, 1.807) is 0 Å². The van der Waals surface area contributed by atoms with Crippen LogP contribution >= 0.6 is 0 Å². The van der Waals surface area contributed by atoms with E-state index in [1.165, 1.54) is 17.5 Å². The highest BCUT2D eigenvalue weighted by Gasteiger charge is 2.24. The second kappa shape index (κ2) is 6.15. The van der Waals surface area contributed by atoms with Crippen molar-refractivity contribution in [3.8, 4) is 5.75 Å². The molecular formula is C13H18N4O3S. The van der Waals surface area contributed by atoms with Gasteiger partial charge in [0.1, 0.15) is 16.5 Å². The van der Waals surface area contributed by atoms with Crippen LogP contribution in [0.15, 0.2) is 35.4 Å². The van der Waals surface area contributed by atoms with Gasteiger partial charge < -0.3 is 10.5 Å². The third kappa shape index (κ3) is 3.34. The van der Waals surface area contributed by atoms with Crippen LogP contribution in [-0.4, -0.2) is 36.6 Å². The van der Waals surface area contributed by atoms with Gasteiger partial charge in [-0.1, -0.05) is 12.1 Å². The Morgan fingerprint density at radius 3 is 2.52 bits per heavy atom. The normalized spacial score (nSPS) is 11.8. The molecule has 1 aromatic carbocycles. The van der Waals surface area contributed by atoms with Crippen molar-refractivity contribution in [2.45, 2.75) is 18.4 Å². The quantitative estimate of drug-likeness (QED) is 0.835. The maximum absolute atomic E-state index is 12.3. The highest BCUT2D eigenvalue weighted by Crippen LogP contribution is 2.21. The number of anilines is 1. The Morgan fingerprint density at radius 1 is 1.33 bits per heavy atom. The Labute approximate surface area is 123 Å².